The van der Waals surface area contributed by atoms with Crippen LogP contribution in [-0.2, 0) is 14.3 Å². The summed E-state index contributed by atoms with van der Waals surface area (Å²) in [6, 6.07) is 0. The highest BCUT2D eigenvalue weighted by atomic mass is 16.6. The number of allylic oxidation sites excluding steroid dienone is 4. The molecule has 0 radical (unpaired) electrons. The highest BCUT2D eigenvalue weighted by Crippen LogP contribution is 2.39. The normalized spacial score (nSPS) is 28.6. The van der Waals surface area contributed by atoms with Crippen molar-refractivity contribution in [2.75, 3.05) is 6.61 Å². The predicted octanol–water partition coefficient (Wildman–Crippen LogP) is 3.79. The summed E-state index contributed by atoms with van der Waals surface area (Å²) in [5.41, 5.74) is 2.91. The van der Waals surface area contributed by atoms with E-state index in [4.69, 9.17) is 9.47 Å². The van der Waals surface area contributed by atoms with Gasteiger partial charge in [0.25, 0.3) is 0 Å². The van der Waals surface area contributed by atoms with Crippen LogP contribution in [0.25, 0.3) is 0 Å². The second-order valence-corrected chi connectivity index (χ2v) is 6.00. The van der Waals surface area contributed by atoms with Crippen LogP contribution >= 0.6 is 0 Å². The molecule has 112 valence electrons. The van der Waals surface area contributed by atoms with Gasteiger partial charge in [-0.15, -0.1) is 0 Å². The summed E-state index contributed by atoms with van der Waals surface area (Å²) in [7, 11) is 0. The van der Waals surface area contributed by atoms with E-state index < -0.39 is 0 Å². The van der Waals surface area contributed by atoms with Crippen molar-refractivity contribution in [3.63, 3.8) is 0 Å². The Morgan fingerprint density at radius 3 is 3.00 bits per heavy atom. The van der Waals surface area contributed by atoms with Gasteiger partial charge in [0.1, 0.15) is 0 Å². The van der Waals surface area contributed by atoms with Crippen molar-refractivity contribution in [2.45, 2.75) is 65.1 Å². The molecule has 0 aromatic carbocycles. The van der Waals surface area contributed by atoms with Gasteiger partial charge in [0, 0.05) is 0 Å². The van der Waals surface area contributed by atoms with Crippen molar-refractivity contribution >= 4 is 5.97 Å². The van der Waals surface area contributed by atoms with Gasteiger partial charge in [-0.05, 0) is 58.8 Å². The van der Waals surface area contributed by atoms with Crippen LogP contribution in [-0.4, -0.2) is 24.8 Å². The quantitative estimate of drug-likeness (QED) is 0.421. The molecule has 3 nitrogen and oxygen atoms in total. The second kappa shape index (κ2) is 7.07. The maximum atomic E-state index is 11.6. The molecular formula is C17H26O3. The molecule has 1 aliphatic carbocycles. The molecule has 0 amide bonds. The number of ether oxygens (including phenoxy) is 2. The lowest BCUT2D eigenvalue weighted by Crippen LogP contribution is -2.20. The minimum atomic E-state index is -0.294. The molecule has 20 heavy (non-hydrogen) atoms. The number of epoxide rings is 1. The molecule has 0 N–H and O–H groups in total. The molecule has 0 bridgehead atoms. The van der Waals surface area contributed by atoms with Crippen LogP contribution in [0.4, 0.5) is 0 Å². The van der Waals surface area contributed by atoms with Gasteiger partial charge >= 0.3 is 5.97 Å². The van der Waals surface area contributed by atoms with E-state index in [1.54, 1.807) is 0 Å². The van der Waals surface area contributed by atoms with E-state index in [-0.39, 0.29) is 18.2 Å². The van der Waals surface area contributed by atoms with Crippen molar-refractivity contribution in [3.8, 4) is 0 Å². The first-order valence-corrected chi connectivity index (χ1v) is 7.75. The zero-order valence-electron chi connectivity index (χ0n) is 12.9. The molecule has 1 heterocycles. The third-order valence-electron chi connectivity index (χ3n) is 4.02. The highest BCUT2D eigenvalue weighted by Gasteiger charge is 2.50. The Labute approximate surface area is 122 Å². The molecule has 0 aromatic rings. The van der Waals surface area contributed by atoms with Gasteiger partial charge in [-0.3, -0.25) is 0 Å². The number of hydrogen-bond acceptors (Lipinski definition) is 3. The SMILES string of the molecule is CCOC(=O)C1OC1C1CCC=C(CCC=C(C)C)C1. The summed E-state index contributed by atoms with van der Waals surface area (Å²) in [4.78, 5) is 11.6. The number of esters is 1. The zero-order chi connectivity index (χ0) is 14.5. The Hall–Kier alpha value is -1.09. The molecular weight excluding hydrogens is 252 g/mol. The topological polar surface area (TPSA) is 38.8 Å². The second-order valence-electron chi connectivity index (χ2n) is 6.00. The van der Waals surface area contributed by atoms with Gasteiger partial charge in [-0.25, -0.2) is 4.79 Å². The lowest BCUT2D eigenvalue weighted by molar-refractivity contribution is -0.144. The number of carbonyl (C=O) groups is 1. The summed E-state index contributed by atoms with van der Waals surface area (Å²) in [5, 5.41) is 0. The molecule has 1 aliphatic heterocycles. The Morgan fingerprint density at radius 2 is 2.30 bits per heavy atom. The van der Waals surface area contributed by atoms with Crippen molar-refractivity contribution in [3.05, 3.63) is 23.3 Å². The van der Waals surface area contributed by atoms with Crippen molar-refractivity contribution < 1.29 is 14.3 Å². The number of rotatable bonds is 6. The molecule has 0 spiro atoms. The molecule has 2 aliphatic rings. The van der Waals surface area contributed by atoms with Crippen molar-refractivity contribution in [1.29, 1.82) is 0 Å². The summed E-state index contributed by atoms with van der Waals surface area (Å²) in [5.74, 6) is 0.314. The average Bonchev–Trinajstić information content (AvgIpc) is 3.19. The number of carbonyl (C=O) groups excluding carboxylic acids is 1. The van der Waals surface area contributed by atoms with E-state index in [0.717, 1.165) is 32.1 Å². The first-order valence-electron chi connectivity index (χ1n) is 7.75. The van der Waals surface area contributed by atoms with Crippen molar-refractivity contribution in [2.24, 2.45) is 5.92 Å². The minimum absolute atomic E-state index is 0.0983. The fourth-order valence-corrected chi connectivity index (χ4v) is 2.95. The maximum absolute atomic E-state index is 11.6. The van der Waals surface area contributed by atoms with Crippen LogP contribution in [0, 0.1) is 5.92 Å². The Morgan fingerprint density at radius 1 is 1.50 bits per heavy atom. The fourth-order valence-electron chi connectivity index (χ4n) is 2.95. The highest BCUT2D eigenvalue weighted by molar-refractivity contribution is 5.78. The molecule has 3 unspecified atom stereocenters. The van der Waals surface area contributed by atoms with Crippen LogP contribution in [0.15, 0.2) is 23.3 Å². The van der Waals surface area contributed by atoms with E-state index in [1.807, 2.05) is 6.92 Å². The average molecular weight is 278 g/mol. The molecule has 3 atom stereocenters. The van der Waals surface area contributed by atoms with E-state index in [1.165, 1.54) is 11.1 Å². The van der Waals surface area contributed by atoms with Gasteiger partial charge in [0.05, 0.1) is 12.7 Å². The molecule has 1 fully saturated rings. The van der Waals surface area contributed by atoms with Crippen LogP contribution in [0.2, 0.25) is 0 Å². The lowest BCUT2D eigenvalue weighted by Gasteiger charge is -2.21. The van der Waals surface area contributed by atoms with E-state index >= 15 is 0 Å². The molecule has 1 saturated heterocycles. The summed E-state index contributed by atoms with van der Waals surface area (Å²) < 4.78 is 10.6. The summed E-state index contributed by atoms with van der Waals surface area (Å²) >= 11 is 0. The smallest absolute Gasteiger partial charge is 0.338 e. The van der Waals surface area contributed by atoms with Crippen molar-refractivity contribution in [1.82, 2.24) is 0 Å². The summed E-state index contributed by atoms with van der Waals surface area (Å²) in [6.45, 7) is 6.55. The van der Waals surface area contributed by atoms with Crippen LogP contribution in [0.3, 0.4) is 0 Å². The number of hydrogen-bond donors (Lipinski definition) is 0. The lowest BCUT2D eigenvalue weighted by atomic mass is 9.84. The zero-order valence-corrected chi connectivity index (χ0v) is 12.9. The largest absolute Gasteiger partial charge is 0.464 e. The Kier molecular flexibility index (Phi) is 5.41. The Balaban J connectivity index is 1.78. The molecule has 0 saturated carbocycles. The first-order chi connectivity index (χ1) is 9.61. The predicted molar refractivity (Wildman–Crippen MR) is 79.4 cm³/mol. The van der Waals surface area contributed by atoms with E-state index in [0.29, 0.717) is 12.5 Å². The monoisotopic (exact) mass is 278 g/mol. The van der Waals surface area contributed by atoms with Gasteiger partial charge in [0.15, 0.2) is 6.10 Å². The van der Waals surface area contributed by atoms with E-state index in [2.05, 4.69) is 26.0 Å². The molecule has 0 aromatic heterocycles. The standard InChI is InChI=1S/C17H26O3/c1-4-19-17(18)16-15(20-16)14-10-6-9-13(11-14)8-5-7-12(2)3/h7,9,14-16H,4-6,8,10-11H2,1-3H3. The van der Waals surface area contributed by atoms with Crippen LogP contribution in [0.5, 0.6) is 0 Å². The maximum Gasteiger partial charge on any atom is 0.338 e. The van der Waals surface area contributed by atoms with Gasteiger partial charge in [-0.1, -0.05) is 23.3 Å². The minimum Gasteiger partial charge on any atom is -0.464 e. The third-order valence-corrected chi connectivity index (χ3v) is 4.02. The van der Waals surface area contributed by atoms with E-state index in [9.17, 15) is 4.79 Å². The van der Waals surface area contributed by atoms with Gasteiger partial charge in [0.2, 0.25) is 0 Å². The molecule has 3 heteroatoms. The summed E-state index contributed by atoms with van der Waals surface area (Å²) in [6.07, 6.45) is 10.1. The first kappa shape index (κ1) is 15.3. The Bertz CT molecular complexity index is 404. The van der Waals surface area contributed by atoms with Crippen LogP contribution < -0.4 is 0 Å². The van der Waals surface area contributed by atoms with Crippen LogP contribution in [0.1, 0.15) is 52.9 Å². The molecule has 2 rings (SSSR count). The third kappa shape index (κ3) is 4.20. The fraction of sp³-hybridized carbons (Fsp3) is 0.706. The van der Waals surface area contributed by atoms with Gasteiger partial charge in [-0.2, -0.15) is 0 Å². The van der Waals surface area contributed by atoms with Gasteiger partial charge < -0.3 is 9.47 Å².